The number of ether oxygens (including phenoxy) is 2. The van der Waals surface area contributed by atoms with Crippen LogP contribution < -0.4 is 5.73 Å². The van der Waals surface area contributed by atoms with Crippen LogP contribution in [0.3, 0.4) is 0 Å². The number of benzene rings is 1. The fraction of sp³-hybridized carbons (Fsp3) is 0.444. The molecular formula is C27H28N4O3. The molecule has 1 saturated carbocycles. The van der Waals surface area contributed by atoms with E-state index >= 15 is 0 Å². The van der Waals surface area contributed by atoms with Crippen LogP contribution in [0.4, 0.5) is 5.82 Å². The maximum atomic E-state index is 13.8. The van der Waals surface area contributed by atoms with Crippen LogP contribution in [0.1, 0.15) is 77.0 Å². The van der Waals surface area contributed by atoms with E-state index in [-0.39, 0.29) is 17.6 Å². The minimum absolute atomic E-state index is 0.0130. The summed E-state index contributed by atoms with van der Waals surface area (Å²) in [7, 11) is 0. The van der Waals surface area contributed by atoms with E-state index < -0.39 is 0 Å². The highest BCUT2D eigenvalue weighted by molar-refractivity contribution is 5.97. The third kappa shape index (κ3) is 3.00. The first kappa shape index (κ1) is 20.4. The molecule has 1 spiro atoms. The van der Waals surface area contributed by atoms with Crippen LogP contribution in [-0.2, 0) is 34.9 Å². The third-order valence-corrected chi connectivity index (χ3v) is 8.13. The van der Waals surface area contributed by atoms with E-state index in [1.165, 1.54) is 16.7 Å². The number of hydrogen-bond acceptors (Lipinski definition) is 6. The number of carbonyl (C=O) groups is 1. The average molecular weight is 457 g/mol. The second-order valence-corrected chi connectivity index (χ2v) is 10.4. The van der Waals surface area contributed by atoms with Crippen molar-refractivity contribution < 1.29 is 14.3 Å². The van der Waals surface area contributed by atoms with E-state index in [0.717, 1.165) is 48.7 Å². The Kier molecular flexibility index (Phi) is 4.33. The zero-order valence-electron chi connectivity index (χ0n) is 19.3. The fourth-order valence-corrected chi connectivity index (χ4v) is 6.07. The Labute approximate surface area is 198 Å². The number of amides is 1. The van der Waals surface area contributed by atoms with Gasteiger partial charge in [-0.05, 0) is 59.9 Å². The van der Waals surface area contributed by atoms with Gasteiger partial charge in [-0.25, -0.2) is 9.97 Å². The van der Waals surface area contributed by atoms with Crippen molar-refractivity contribution in [1.29, 1.82) is 0 Å². The normalized spacial score (nSPS) is 24.4. The summed E-state index contributed by atoms with van der Waals surface area (Å²) in [5.41, 5.74) is 13.0. The van der Waals surface area contributed by atoms with Gasteiger partial charge in [0.05, 0.1) is 43.2 Å². The van der Waals surface area contributed by atoms with Crippen LogP contribution in [0.25, 0.3) is 10.9 Å². The van der Waals surface area contributed by atoms with Gasteiger partial charge in [0.2, 0.25) is 0 Å². The Morgan fingerprint density at radius 2 is 2.00 bits per heavy atom. The Bertz CT molecular complexity index is 1350. The number of carbonyl (C=O) groups excluding carboxylic acids is 1. The maximum absolute atomic E-state index is 13.8. The number of nitrogens with zero attached hydrogens (tertiary/aromatic N) is 3. The van der Waals surface area contributed by atoms with E-state index in [2.05, 4.69) is 35.1 Å². The molecule has 2 N–H and O–H groups in total. The summed E-state index contributed by atoms with van der Waals surface area (Å²) in [5, 5.41) is 0.908. The van der Waals surface area contributed by atoms with Gasteiger partial charge in [-0.3, -0.25) is 4.79 Å². The fourth-order valence-electron chi connectivity index (χ4n) is 6.07. The Morgan fingerprint density at radius 1 is 1.15 bits per heavy atom. The number of pyridine rings is 2. The molecule has 1 aliphatic carbocycles. The lowest BCUT2D eigenvalue weighted by Crippen LogP contribution is -2.42. The second kappa shape index (κ2) is 7.23. The first-order valence-corrected chi connectivity index (χ1v) is 12.3. The number of rotatable bonds is 2. The van der Waals surface area contributed by atoms with Crippen molar-refractivity contribution in [1.82, 2.24) is 14.9 Å². The predicted octanol–water partition coefficient (Wildman–Crippen LogP) is 4.37. The topological polar surface area (TPSA) is 90.6 Å². The van der Waals surface area contributed by atoms with Crippen LogP contribution in [-0.4, -0.2) is 27.3 Å². The number of nitrogen functional groups attached to an aromatic ring is 1. The van der Waals surface area contributed by atoms with Gasteiger partial charge >= 0.3 is 0 Å². The van der Waals surface area contributed by atoms with E-state index in [0.29, 0.717) is 42.8 Å². The number of nitrogens with two attached hydrogens (primary N) is 1. The standard InChI is InChI=1S/C27H28N4O3/c1-15-2-5-24(16-3-4-21-17(8-16)12-34-27(21)6-7-27)31(11-15)26(32)22-9-18-19-13-33-14-20(19)25(28)30-23(18)10-29-22/h3-4,8-10,15,24H,2,5-7,11-14H2,1H3,(H2,28,30). The van der Waals surface area contributed by atoms with Crippen molar-refractivity contribution in [3.05, 3.63) is 64.0 Å². The highest BCUT2D eigenvalue weighted by atomic mass is 16.5. The van der Waals surface area contributed by atoms with Crippen LogP contribution in [0.2, 0.25) is 0 Å². The molecule has 2 unspecified atom stereocenters. The van der Waals surface area contributed by atoms with E-state index in [1.807, 2.05) is 11.0 Å². The molecule has 7 rings (SSSR count). The molecule has 2 fully saturated rings. The molecule has 5 heterocycles. The molecule has 7 nitrogen and oxygen atoms in total. The quantitative estimate of drug-likeness (QED) is 0.616. The molecule has 2 aromatic heterocycles. The third-order valence-electron chi connectivity index (χ3n) is 8.13. The summed E-state index contributed by atoms with van der Waals surface area (Å²) < 4.78 is 11.7. The van der Waals surface area contributed by atoms with Gasteiger partial charge in [0.1, 0.15) is 11.5 Å². The van der Waals surface area contributed by atoms with E-state index in [1.54, 1.807) is 6.20 Å². The smallest absolute Gasteiger partial charge is 0.272 e. The Morgan fingerprint density at radius 3 is 2.85 bits per heavy atom. The first-order chi connectivity index (χ1) is 16.5. The largest absolute Gasteiger partial charge is 0.383 e. The molecule has 2 atom stereocenters. The Balaban J connectivity index is 1.25. The molecule has 1 amide bonds. The van der Waals surface area contributed by atoms with E-state index in [4.69, 9.17) is 15.2 Å². The first-order valence-electron chi connectivity index (χ1n) is 12.3. The van der Waals surface area contributed by atoms with Crippen molar-refractivity contribution in [2.75, 3.05) is 12.3 Å². The number of likely N-dealkylation sites (tertiary alicyclic amines) is 1. The maximum Gasteiger partial charge on any atom is 0.272 e. The van der Waals surface area contributed by atoms with Crippen LogP contribution in [0.15, 0.2) is 30.5 Å². The molecular weight excluding hydrogens is 428 g/mol. The molecule has 3 aliphatic heterocycles. The predicted molar refractivity (Wildman–Crippen MR) is 127 cm³/mol. The van der Waals surface area contributed by atoms with Crippen molar-refractivity contribution in [3.63, 3.8) is 0 Å². The van der Waals surface area contributed by atoms with Gasteiger partial charge in [-0.1, -0.05) is 25.1 Å². The minimum Gasteiger partial charge on any atom is -0.383 e. The van der Waals surface area contributed by atoms with Gasteiger partial charge in [0.15, 0.2) is 0 Å². The molecule has 0 bridgehead atoms. The van der Waals surface area contributed by atoms with Crippen molar-refractivity contribution in [2.45, 2.75) is 64.1 Å². The number of anilines is 1. The van der Waals surface area contributed by atoms with Crippen LogP contribution >= 0.6 is 0 Å². The minimum atomic E-state index is -0.0293. The summed E-state index contributed by atoms with van der Waals surface area (Å²) >= 11 is 0. The summed E-state index contributed by atoms with van der Waals surface area (Å²) in [6.45, 7) is 4.56. The van der Waals surface area contributed by atoms with E-state index in [9.17, 15) is 4.79 Å². The highest BCUT2D eigenvalue weighted by Crippen LogP contribution is 2.55. The molecule has 1 aromatic carbocycles. The number of fused-ring (bicyclic) bond motifs is 5. The number of aromatic nitrogens is 2. The van der Waals surface area contributed by atoms with Crippen LogP contribution in [0.5, 0.6) is 0 Å². The zero-order valence-corrected chi connectivity index (χ0v) is 19.3. The second-order valence-electron chi connectivity index (χ2n) is 10.4. The summed E-state index contributed by atoms with van der Waals surface area (Å²) in [6, 6.07) is 8.63. The summed E-state index contributed by atoms with van der Waals surface area (Å²) in [4.78, 5) is 24.9. The SMILES string of the molecule is CC1CCC(c2ccc3c(c2)COC32CC2)N(C(=O)c2cc3c4c(c(N)nc3cn2)COC4)C1. The summed E-state index contributed by atoms with van der Waals surface area (Å²) in [6.07, 6.45) is 5.96. The van der Waals surface area contributed by atoms with Gasteiger partial charge in [0.25, 0.3) is 5.91 Å². The number of hydrogen-bond donors (Lipinski definition) is 1. The lowest BCUT2D eigenvalue weighted by Gasteiger charge is -2.39. The monoisotopic (exact) mass is 456 g/mol. The average Bonchev–Trinajstić information content (AvgIpc) is 3.30. The van der Waals surface area contributed by atoms with Gasteiger partial charge in [-0.15, -0.1) is 0 Å². The van der Waals surface area contributed by atoms with Gasteiger partial charge in [-0.2, -0.15) is 0 Å². The molecule has 0 radical (unpaired) electrons. The lowest BCUT2D eigenvalue weighted by molar-refractivity contribution is 0.0442. The van der Waals surface area contributed by atoms with Gasteiger partial charge in [0, 0.05) is 17.5 Å². The molecule has 1 saturated heterocycles. The lowest BCUT2D eigenvalue weighted by atomic mass is 9.88. The molecule has 7 heteroatoms. The van der Waals surface area contributed by atoms with Crippen molar-refractivity contribution in [3.8, 4) is 0 Å². The summed E-state index contributed by atoms with van der Waals surface area (Å²) in [5.74, 6) is 0.907. The van der Waals surface area contributed by atoms with Crippen LogP contribution in [0, 0.1) is 5.92 Å². The molecule has 174 valence electrons. The zero-order chi connectivity index (χ0) is 23.0. The molecule has 3 aromatic rings. The molecule has 4 aliphatic rings. The van der Waals surface area contributed by atoms with Gasteiger partial charge < -0.3 is 20.1 Å². The van der Waals surface area contributed by atoms with Crippen molar-refractivity contribution >= 4 is 22.6 Å². The highest BCUT2D eigenvalue weighted by Gasteiger charge is 2.50. The number of piperidine rings is 1. The van der Waals surface area contributed by atoms with Crippen molar-refractivity contribution in [2.24, 2.45) is 5.92 Å². The molecule has 34 heavy (non-hydrogen) atoms. The Hall–Kier alpha value is -3.03.